The Morgan fingerprint density at radius 3 is 2.30 bits per heavy atom. The maximum atomic E-state index is 9.48. The topological polar surface area (TPSA) is 32.3 Å². The summed E-state index contributed by atoms with van der Waals surface area (Å²) in [5.41, 5.74) is -0.483. The summed E-state index contributed by atoms with van der Waals surface area (Å²) in [5.74, 6) is 0.456. The molecule has 0 aromatic rings. The minimum absolute atomic E-state index is 0. The van der Waals surface area contributed by atoms with E-state index in [1.54, 1.807) is 0 Å². The van der Waals surface area contributed by atoms with E-state index in [1.807, 2.05) is 13.8 Å². The second-order valence-electron chi connectivity index (χ2n) is 3.34. The largest absolute Gasteiger partial charge is 0.390 e. The van der Waals surface area contributed by atoms with Crippen LogP contribution in [-0.4, -0.2) is 23.8 Å². The average Bonchev–Trinajstić information content (AvgIpc) is 2.08. The predicted molar refractivity (Wildman–Crippen MR) is 44.5 cm³/mol. The summed E-state index contributed by atoms with van der Waals surface area (Å²) < 4.78 is 0. The molecule has 1 saturated heterocycles. The minimum Gasteiger partial charge on any atom is -0.390 e. The Labute approximate surface area is 68.4 Å². The van der Waals surface area contributed by atoms with Crippen molar-refractivity contribution in [3.05, 3.63) is 0 Å². The molecule has 1 atom stereocenters. The molecule has 0 aliphatic carbocycles. The third kappa shape index (κ3) is 2.45. The molecule has 0 aromatic carbocycles. The summed E-state index contributed by atoms with van der Waals surface area (Å²) in [5, 5.41) is 12.7. The number of rotatable bonds is 1. The van der Waals surface area contributed by atoms with Crippen molar-refractivity contribution in [2.45, 2.75) is 25.9 Å². The van der Waals surface area contributed by atoms with E-state index >= 15 is 0 Å². The zero-order valence-corrected chi connectivity index (χ0v) is 7.37. The van der Waals surface area contributed by atoms with Crippen molar-refractivity contribution < 1.29 is 5.11 Å². The summed E-state index contributed by atoms with van der Waals surface area (Å²) in [6.07, 6.45) is 1.11. The predicted octanol–water partition coefficient (Wildman–Crippen LogP) is 0.789. The highest BCUT2D eigenvalue weighted by Crippen LogP contribution is 2.21. The number of halogens is 1. The van der Waals surface area contributed by atoms with Crippen LogP contribution in [0.2, 0.25) is 0 Å². The molecule has 3 heteroatoms. The molecule has 0 radical (unpaired) electrons. The Kier molecular flexibility index (Phi) is 3.63. The highest BCUT2D eigenvalue weighted by molar-refractivity contribution is 5.85. The fraction of sp³-hybridized carbons (Fsp3) is 1.00. The molecule has 1 fully saturated rings. The monoisotopic (exact) mass is 165 g/mol. The van der Waals surface area contributed by atoms with E-state index < -0.39 is 5.60 Å². The van der Waals surface area contributed by atoms with Crippen molar-refractivity contribution >= 4 is 12.4 Å². The first-order valence-electron chi connectivity index (χ1n) is 3.54. The maximum absolute atomic E-state index is 9.48. The van der Waals surface area contributed by atoms with Crippen LogP contribution in [0.5, 0.6) is 0 Å². The van der Waals surface area contributed by atoms with Crippen molar-refractivity contribution in [1.82, 2.24) is 5.32 Å². The lowest BCUT2D eigenvalue weighted by molar-refractivity contribution is 0.0256. The summed E-state index contributed by atoms with van der Waals surface area (Å²) in [6, 6.07) is 0. The lowest BCUT2D eigenvalue weighted by Gasteiger charge is -2.23. The van der Waals surface area contributed by atoms with Crippen LogP contribution in [0.3, 0.4) is 0 Å². The van der Waals surface area contributed by atoms with Gasteiger partial charge in [0, 0.05) is 12.5 Å². The molecule has 2 N–H and O–H groups in total. The first-order chi connectivity index (χ1) is 4.11. The molecule has 1 unspecified atom stereocenters. The Balaban J connectivity index is 0.000000810. The van der Waals surface area contributed by atoms with Gasteiger partial charge in [-0.15, -0.1) is 12.4 Å². The van der Waals surface area contributed by atoms with E-state index in [1.165, 1.54) is 0 Å². The summed E-state index contributed by atoms with van der Waals surface area (Å²) >= 11 is 0. The quantitative estimate of drug-likeness (QED) is 0.602. The van der Waals surface area contributed by atoms with Crippen molar-refractivity contribution in [3.8, 4) is 0 Å². The van der Waals surface area contributed by atoms with Gasteiger partial charge in [-0.05, 0) is 26.8 Å². The molecule has 1 aliphatic rings. The highest BCUT2D eigenvalue weighted by Gasteiger charge is 2.28. The molecule has 1 aliphatic heterocycles. The minimum atomic E-state index is -0.483. The Morgan fingerprint density at radius 2 is 2.10 bits per heavy atom. The lowest BCUT2D eigenvalue weighted by atomic mass is 9.91. The van der Waals surface area contributed by atoms with Gasteiger partial charge in [-0.1, -0.05) is 0 Å². The van der Waals surface area contributed by atoms with Gasteiger partial charge in [-0.25, -0.2) is 0 Å². The van der Waals surface area contributed by atoms with E-state index in [0.717, 1.165) is 19.5 Å². The van der Waals surface area contributed by atoms with Crippen LogP contribution >= 0.6 is 12.4 Å². The zero-order chi connectivity index (χ0) is 6.91. The molecule has 1 heterocycles. The van der Waals surface area contributed by atoms with E-state index in [4.69, 9.17) is 0 Å². The van der Waals surface area contributed by atoms with Crippen LogP contribution in [-0.2, 0) is 0 Å². The molecule has 0 aromatic heterocycles. The van der Waals surface area contributed by atoms with E-state index in [9.17, 15) is 5.11 Å². The normalized spacial score (nSPS) is 26.1. The Bertz CT molecular complexity index is 94.3. The first kappa shape index (κ1) is 10.2. The van der Waals surface area contributed by atoms with Gasteiger partial charge in [0.25, 0.3) is 0 Å². The molecule has 0 spiro atoms. The van der Waals surface area contributed by atoms with Crippen LogP contribution in [0, 0.1) is 5.92 Å². The van der Waals surface area contributed by atoms with Crippen LogP contribution in [0.1, 0.15) is 20.3 Å². The van der Waals surface area contributed by atoms with Crippen LogP contribution in [0.15, 0.2) is 0 Å². The molecule has 1 rings (SSSR count). The highest BCUT2D eigenvalue weighted by atomic mass is 35.5. The van der Waals surface area contributed by atoms with E-state index in [2.05, 4.69) is 5.32 Å². The number of aliphatic hydroxyl groups is 1. The Hall–Kier alpha value is 0.210. The number of nitrogens with one attached hydrogen (secondary N) is 1. The van der Waals surface area contributed by atoms with Crippen molar-refractivity contribution in [2.24, 2.45) is 5.92 Å². The summed E-state index contributed by atoms with van der Waals surface area (Å²) in [6.45, 7) is 5.80. The fourth-order valence-electron chi connectivity index (χ4n) is 1.26. The summed E-state index contributed by atoms with van der Waals surface area (Å²) in [4.78, 5) is 0. The van der Waals surface area contributed by atoms with Gasteiger partial charge >= 0.3 is 0 Å². The Morgan fingerprint density at radius 1 is 1.50 bits per heavy atom. The maximum Gasteiger partial charge on any atom is 0.0632 e. The zero-order valence-electron chi connectivity index (χ0n) is 6.55. The van der Waals surface area contributed by atoms with Crippen LogP contribution < -0.4 is 5.32 Å². The van der Waals surface area contributed by atoms with Crippen molar-refractivity contribution in [3.63, 3.8) is 0 Å². The first-order valence-corrected chi connectivity index (χ1v) is 3.54. The molecular formula is C7H16ClNO. The standard InChI is InChI=1S/C7H15NO.ClH/c1-7(2,9)6-3-4-8-5-6;/h6,8-9H,3-5H2,1-2H3;1H. The van der Waals surface area contributed by atoms with E-state index in [0.29, 0.717) is 5.92 Å². The molecule has 10 heavy (non-hydrogen) atoms. The molecule has 0 saturated carbocycles. The molecular weight excluding hydrogens is 150 g/mol. The number of hydrogen-bond donors (Lipinski definition) is 2. The van der Waals surface area contributed by atoms with Crippen molar-refractivity contribution in [1.29, 1.82) is 0 Å². The molecule has 0 amide bonds. The van der Waals surface area contributed by atoms with Gasteiger partial charge in [-0.2, -0.15) is 0 Å². The van der Waals surface area contributed by atoms with Gasteiger partial charge in [0.05, 0.1) is 5.60 Å². The third-order valence-electron chi connectivity index (χ3n) is 2.06. The lowest BCUT2D eigenvalue weighted by Crippen LogP contribution is -2.32. The van der Waals surface area contributed by atoms with Gasteiger partial charge in [0.15, 0.2) is 0 Å². The number of hydrogen-bond acceptors (Lipinski definition) is 2. The van der Waals surface area contributed by atoms with E-state index in [-0.39, 0.29) is 12.4 Å². The smallest absolute Gasteiger partial charge is 0.0632 e. The van der Waals surface area contributed by atoms with Crippen LogP contribution in [0.25, 0.3) is 0 Å². The fourth-order valence-corrected chi connectivity index (χ4v) is 1.26. The second-order valence-corrected chi connectivity index (χ2v) is 3.34. The van der Waals surface area contributed by atoms with Gasteiger partial charge in [-0.3, -0.25) is 0 Å². The molecule has 2 nitrogen and oxygen atoms in total. The third-order valence-corrected chi connectivity index (χ3v) is 2.06. The average molecular weight is 166 g/mol. The second kappa shape index (κ2) is 3.56. The van der Waals surface area contributed by atoms with Gasteiger partial charge < -0.3 is 10.4 Å². The molecule has 62 valence electrons. The van der Waals surface area contributed by atoms with Crippen LogP contribution in [0.4, 0.5) is 0 Å². The van der Waals surface area contributed by atoms with Crippen molar-refractivity contribution in [2.75, 3.05) is 13.1 Å². The summed E-state index contributed by atoms with van der Waals surface area (Å²) in [7, 11) is 0. The van der Waals surface area contributed by atoms with Gasteiger partial charge in [0.2, 0.25) is 0 Å². The van der Waals surface area contributed by atoms with Gasteiger partial charge in [0.1, 0.15) is 0 Å². The molecule has 0 bridgehead atoms. The SMILES string of the molecule is CC(C)(O)C1CCNC1.Cl.